The molecule has 0 radical (unpaired) electrons. The van der Waals surface area contributed by atoms with Gasteiger partial charge in [-0.15, -0.1) is 11.3 Å². The van der Waals surface area contributed by atoms with Crippen LogP contribution < -0.4 is 0 Å². The summed E-state index contributed by atoms with van der Waals surface area (Å²) in [5.41, 5.74) is 1.01. The van der Waals surface area contributed by atoms with Crippen LogP contribution >= 0.6 is 11.3 Å². The lowest BCUT2D eigenvalue weighted by Gasteiger charge is -2.35. The lowest BCUT2D eigenvalue weighted by molar-refractivity contribution is -0.143. The number of likely N-dealkylation sites (tertiary alicyclic amines) is 1. The summed E-state index contributed by atoms with van der Waals surface area (Å²) in [4.78, 5) is 33.6. The van der Waals surface area contributed by atoms with Gasteiger partial charge in [-0.05, 0) is 25.0 Å². The van der Waals surface area contributed by atoms with E-state index in [2.05, 4.69) is 11.1 Å². The number of benzene rings is 1. The van der Waals surface area contributed by atoms with Gasteiger partial charge in [-0.25, -0.2) is 4.98 Å². The minimum absolute atomic E-state index is 0.0522. The van der Waals surface area contributed by atoms with Crippen LogP contribution in [0.2, 0.25) is 0 Å². The van der Waals surface area contributed by atoms with Gasteiger partial charge in [-0.2, -0.15) is 0 Å². The molecule has 0 N–H and O–H groups in total. The topological polar surface area (TPSA) is 62.7 Å². The molecule has 0 aliphatic carbocycles. The molecular formula is C20H25N3O3S. The third-order valence-corrected chi connectivity index (χ3v) is 6.51. The van der Waals surface area contributed by atoms with Gasteiger partial charge < -0.3 is 14.5 Å². The maximum absolute atomic E-state index is 12.6. The number of fused-ring (bicyclic) bond motifs is 1. The van der Waals surface area contributed by atoms with Crippen LogP contribution in [0.25, 0.3) is 10.2 Å². The van der Waals surface area contributed by atoms with Gasteiger partial charge in [0.25, 0.3) is 0 Å². The van der Waals surface area contributed by atoms with Crippen LogP contribution in [0.4, 0.5) is 0 Å². The summed E-state index contributed by atoms with van der Waals surface area (Å²) in [7, 11) is 0. The Morgan fingerprint density at radius 2 is 1.81 bits per heavy atom. The fourth-order valence-corrected chi connectivity index (χ4v) is 4.78. The molecule has 0 spiro atoms. The molecule has 2 saturated heterocycles. The van der Waals surface area contributed by atoms with Crippen LogP contribution in [0, 0.1) is 5.92 Å². The first-order valence-corrected chi connectivity index (χ1v) is 10.5. The Kier molecular flexibility index (Phi) is 5.69. The molecule has 0 unspecified atom stereocenters. The molecule has 0 atom stereocenters. The summed E-state index contributed by atoms with van der Waals surface area (Å²) in [6.45, 7) is 4.02. The number of carbonyl (C=O) groups is 2. The normalized spacial score (nSPS) is 18.8. The number of aromatic nitrogens is 1. The number of ether oxygens (including phenoxy) is 1. The fraction of sp³-hybridized carbons (Fsp3) is 0.550. The van der Waals surface area contributed by atoms with Crippen molar-refractivity contribution < 1.29 is 14.3 Å². The monoisotopic (exact) mass is 387 g/mol. The summed E-state index contributed by atoms with van der Waals surface area (Å²) in [5, 5.41) is 1.02. The van der Waals surface area contributed by atoms with Crippen molar-refractivity contribution in [3.05, 3.63) is 29.3 Å². The summed E-state index contributed by atoms with van der Waals surface area (Å²) in [6, 6.07) is 8.07. The molecule has 0 bridgehead atoms. The van der Waals surface area contributed by atoms with Gasteiger partial charge in [0.05, 0.1) is 28.4 Å². The molecule has 0 saturated carbocycles. The van der Waals surface area contributed by atoms with Crippen LogP contribution in [0.15, 0.2) is 24.3 Å². The summed E-state index contributed by atoms with van der Waals surface area (Å²) in [5.74, 6) is 0.461. The molecule has 2 aliphatic rings. The SMILES string of the molecule is O=C(CCc1nc2ccccc2s1)N1CCC(C(=O)N2CCOCC2)CC1. The van der Waals surface area contributed by atoms with Crippen molar-refractivity contribution in [3.63, 3.8) is 0 Å². The number of hydrogen-bond donors (Lipinski definition) is 0. The summed E-state index contributed by atoms with van der Waals surface area (Å²) >= 11 is 1.66. The Hall–Kier alpha value is -1.99. The number of aryl methyl sites for hydroxylation is 1. The highest BCUT2D eigenvalue weighted by Gasteiger charge is 2.30. The molecule has 2 amide bonds. The first kappa shape index (κ1) is 18.4. The van der Waals surface area contributed by atoms with E-state index < -0.39 is 0 Å². The van der Waals surface area contributed by atoms with Crippen LogP contribution in [-0.4, -0.2) is 66.0 Å². The summed E-state index contributed by atoms with van der Waals surface area (Å²) < 4.78 is 6.49. The second kappa shape index (κ2) is 8.35. The number of carbonyl (C=O) groups excluding carboxylic acids is 2. The molecule has 6 nitrogen and oxygen atoms in total. The Bertz CT molecular complexity index is 775. The van der Waals surface area contributed by atoms with E-state index in [-0.39, 0.29) is 17.7 Å². The van der Waals surface area contributed by atoms with Crippen molar-refractivity contribution in [2.45, 2.75) is 25.7 Å². The zero-order valence-electron chi connectivity index (χ0n) is 15.4. The van der Waals surface area contributed by atoms with Gasteiger partial charge >= 0.3 is 0 Å². The van der Waals surface area contributed by atoms with Crippen molar-refractivity contribution in [3.8, 4) is 0 Å². The Balaban J connectivity index is 1.25. The quantitative estimate of drug-likeness (QED) is 0.808. The lowest BCUT2D eigenvalue weighted by Crippen LogP contribution is -2.47. The molecule has 27 heavy (non-hydrogen) atoms. The van der Waals surface area contributed by atoms with E-state index >= 15 is 0 Å². The average molecular weight is 388 g/mol. The van der Waals surface area contributed by atoms with Crippen molar-refractivity contribution in [2.75, 3.05) is 39.4 Å². The Morgan fingerprint density at radius 3 is 2.56 bits per heavy atom. The van der Waals surface area contributed by atoms with Crippen molar-refractivity contribution >= 4 is 33.4 Å². The molecule has 1 aromatic carbocycles. The van der Waals surface area contributed by atoms with Crippen LogP contribution in [0.1, 0.15) is 24.3 Å². The van der Waals surface area contributed by atoms with Crippen LogP contribution in [0.5, 0.6) is 0 Å². The minimum atomic E-state index is 0.0522. The number of amides is 2. The van der Waals surface area contributed by atoms with Gasteiger partial charge in [0.1, 0.15) is 0 Å². The first-order chi connectivity index (χ1) is 13.2. The van der Waals surface area contributed by atoms with E-state index in [9.17, 15) is 9.59 Å². The van der Waals surface area contributed by atoms with Crippen LogP contribution in [-0.2, 0) is 20.7 Å². The van der Waals surface area contributed by atoms with E-state index in [1.165, 1.54) is 4.70 Å². The van der Waals surface area contributed by atoms with Gasteiger partial charge in [-0.3, -0.25) is 9.59 Å². The number of rotatable bonds is 4. The van der Waals surface area contributed by atoms with Crippen molar-refractivity contribution in [1.29, 1.82) is 0 Å². The van der Waals surface area contributed by atoms with Gasteiger partial charge in [-0.1, -0.05) is 12.1 Å². The molecule has 1 aromatic heterocycles. The number of para-hydroxylation sites is 1. The van der Waals surface area contributed by atoms with Gasteiger partial charge in [0.2, 0.25) is 11.8 Å². The van der Waals surface area contributed by atoms with E-state index in [1.807, 2.05) is 28.0 Å². The Labute approximate surface area is 163 Å². The average Bonchev–Trinajstić information content (AvgIpc) is 3.15. The number of nitrogens with zero attached hydrogens (tertiary/aromatic N) is 3. The molecular weight excluding hydrogens is 362 g/mol. The Morgan fingerprint density at radius 1 is 1.07 bits per heavy atom. The molecule has 4 rings (SSSR count). The molecule has 2 aromatic rings. The molecule has 2 aliphatic heterocycles. The van der Waals surface area contributed by atoms with E-state index in [0.717, 1.165) is 23.4 Å². The van der Waals surface area contributed by atoms with E-state index in [1.54, 1.807) is 11.3 Å². The third-order valence-electron chi connectivity index (χ3n) is 5.41. The molecule has 3 heterocycles. The number of piperidine rings is 1. The fourth-order valence-electron chi connectivity index (χ4n) is 3.82. The smallest absolute Gasteiger partial charge is 0.225 e. The predicted octanol–water partition coefficient (Wildman–Crippen LogP) is 2.33. The van der Waals surface area contributed by atoms with Gasteiger partial charge in [0.15, 0.2) is 0 Å². The third kappa shape index (κ3) is 4.30. The number of morpholine rings is 1. The standard InChI is InChI=1S/C20H25N3O3S/c24-19(6-5-18-21-16-3-1-2-4-17(16)27-18)22-9-7-15(8-10-22)20(25)23-11-13-26-14-12-23/h1-4,15H,5-14H2. The highest BCUT2D eigenvalue weighted by molar-refractivity contribution is 7.18. The van der Waals surface area contributed by atoms with E-state index in [4.69, 9.17) is 4.74 Å². The largest absolute Gasteiger partial charge is 0.378 e. The second-order valence-electron chi connectivity index (χ2n) is 7.17. The molecule has 7 heteroatoms. The minimum Gasteiger partial charge on any atom is -0.378 e. The maximum atomic E-state index is 12.6. The second-order valence-corrected chi connectivity index (χ2v) is 8.28. The van der Waals surface area contributed by atoms with Gasteiger partial charge in [0, 0.05) is 44.9 Å². The lowest BCUT2D eigenvalue weighted by atomic mass is 9.95. The number of thiazole rings is 1. The summed E-state index contributed by atoms with van der Waals surface area (Å²) in [6.07, 6.45) is 2.71. The highest BCUT2D eigenvalue weighted by Crippen LogP contribution is 2.24. The van der Waals surface area contributed by atoms with Crippen molar-refractivity contribution in [1.82, 2.24) is 14.8 Å². The first-order valence-electron chi connectivity index (χ1n) is 9.69. The maximum Gasteiger partial charge on any atom is 0.225 e. The molecule has 2 fully saturated rings. The zero-order valence-corrected chi connectivity index (χ0v) is 16.2. The van der Waals surface area contributed by atoms with E-state index in [0.29, 0.717) is 52.2 Å². The highest BCUT2D eigenvalue weighted by atomic mass is 32.1. The molecule has 144 valence electrons. The predicted molar refractivity (Wildman–Crippen MR) is 105 cm³/mol. The zero-order chi connectivity index (χ0) is 18.6. The van der Waals surface area contributed by atoms with Crippen LogP contribution in [0.3, 0.4) is 0 Å². The van der Waals surface area contributed by atoms with Crippen molar-refractivity contribution in [2.24, 2.45) is 5.92 Å². The number of hydrogen-bond acceptors (Lipinski definition) is 5.